The molecule has 1 heterocycles. The van der Waals surface area contributed by atoms with Crippen molar-refractivity contribution in [2.75, 3.05) is 6.54 Å². The standard InChI is InChI=1S/C5H10N6O/c6-1-2-11-3-4(8-10-11)5(7)9-12/h3,12H,1-2,6H2,(H2,7,9). The molecule has 0 fully saturated rings. The fourth-order valence-electron chi connectivity index (χ4n) is 0.709. The lowest BCUT2D eigenvalue weighted by atomic mass is 10.4. The summed E-state index contributed by atoms with van der Waals surface area (Å²) in [6.07, 6.45) is 1.56. The fraction of sp³-hybridized carbons (Fsp3) is 0.400. The van der Waals surface area contributed by atoms with E-state index in [4.69, 9.17) is 16.7 Å². The van der Waals surface area contributed by atoms with Crippen LogP contribution >= 0.6 is 0 Å². The Morgan fingerprint density at radius 1 is 1.75 bits per heavy atom. The van der Waals surface area contributed by atoms with Gasteiger partial charge in [-0.05, 0) is 0 Å². The number of oxime groups is 1. The molecule has 0 radical (unpaired) electrons. The van der Waals surface area contributed by atoms with Gasteiger partial charge in [-0.1, -0.05) is 10.4 Å². The van der Waals surface area contributed by atoms with Crippen molar-refractivity contribution in [3.05, 3.63) is 11.9 Å². The minimum atomic E-state index is -0.0572. The third kappa shape index (κ3) is 1.70. The normalized spacial score (nSPS) is 11.9. The highest BCUT2D eigenvalue weighted by Gasteiger charge is 2.03. The van der Waals surface area contributed by atoms with Gasteiger partial charge in [0.1, 0.15) is 0 Å². The molecule has 0 amide bonds. The van der Waals surface area contributed by atoms with E-state index in [0.717, 1.165) is 0 Å². The third-order valence-electron chi connectivity index (χ3n) is 1.27. The molecule has 0 aliphatic rings. The number of amidine groups is 1. The average Bonchev–Trinajstić information content (AvgIpc) is 2.52. The zero-order chi connectivity index (χ0) is 8.97. The Hall–Kier alpha value is -1.63. The van der Waals surface area contributed by atoms with Crippen molar-refractivity contribution in [1.82, 2.24) is 15.0 Å². The summed E-state index contributed by atoms with van der Waals surface area (Å²) in [4.78, 5) is 0. The van der Waals surface area contributed by atoms with Gasteiger partial charge in [0.05, 0.1) is 12.7 Å². The molecule has 0 spiro atoms. The van der Waals surface area contributed by atoms with Crippen LogP contribution in [0.4, 0.5) is 0 Å². The zero-order valence-corrected chi connectivity index (χ0v) is 6.38. The smallest absolute Gasteiger partial charge is 0.192 e. The Labute approximate surface area is 68.6 Å². The second kappa shape index (κ2) is 3.67. The van der Waals surface area contributed by atoms with Crippen LogP contribution in [0.15, 0.2) is 11.4 Å². The van der Waals surface area contributed by atoms with Crippen molar-refractivity contribution >= 4 is 5.84 Å². The summed E-state index contributed by atoms with van der Waals surface area (Å²) in [5.74, 6) is -0.0572. The van der Waals surface area contributed by atoms with Crippen LogP contribution < -0.4 is 11.5 Å². The van der Waals surface area contributed by atoms with Gasteiger partial charge in [-0.15, -0.1) is 5.10 Å². The van der Waals surface area contributed by atoms with E-state index >= 15 is 0 Å². The second-order valence-electron chi connectivity index (χ2n) is 2.14. The minimum absolute atomic E-state index is 0.0572. The van der Waals surface area contributed by atoms with Gasteiger partial charge < -0.3 is 16.7 Å². The molecule has 0 aliphatic carbocycles. The van der Waals surface area contributed by atoms with Crippen molar-refractivity contribution in [2.45, 2.75) is 6.54 Å². The maximum absolute atomic E-state index is 8.29. The highest BCUT2D eigenvalue weighted by Crippen LogP contribution is 1.91. The Morgan fingerprint density at radius 2 is 2.50 bits per heavy atom. The van der Waals surface area contributed by atoms with E-state index in [9.17, 15) is 0 Å². The minimum Gasteiger partial charge on any atom is -0.409 e. The monoisotopic (exact) mass is 170 g/mol. The largest absolute Gasteiger partial charge is 0.409 e. The molecule has 1 aromatic rings. The number of nitrogens with zero attached hydrogens (tertiary/aromatic N) is 4. The maximum Gasteiger partial charge on any atom is 0.192 e. The van der Waals surface area contributed by atoms with Crippen LogP contribution in [-0.4, -0.2) is 32.6 Å². The molecule has 0 aliphatic heterocycles. The molecule has 7 nitrogen and oxygen atoms in total. The number of nitrogens with two attached hydrogens (primary N) is 2. The molecular weight excluding hydrogens is 160 g/mol. The van der Waals surface area contributed by atoms with Gasteiger partial charge in [-0.2, -0.15) is 0 Å². The summed E-state index contributed by atoms with van der Waals surface area (Å²) in [7, 11) is 0. The number of hydrogen-bond donors (Lipinski definition) is 3. The molecule has 12 heavy (non-hydrogen) atoms. The van der Waals surface area contributed by atoms with E-state index in [0.29, 0.717) is 18.8 Å². The predicted molar refractivity (Wildman–Crippen MR) is 41.6 cm³/mol. The number of rotatable bonds is 3. The summed E-state index contributed by atoms with van der Waals surface area (Å²) in [6, 6.07) is 0. The van der Waals surface area contributed by atoms with Crippen LogP contribution in [0.2, 0.25) is 0 Å². The number of aromatic nitrogens is 3. The Morgan fingerprint density at radius 3 is 3.08 bits per heavy atom. The molecule has 5 N–H and O–H groups in total. The molecule has 0 atom stereocenters. The van der Waals surface area contributed by atoms with Crippen LogP contribution in [-0.2, 0) is 6.54 Å². The quantitative estimate of drug-likeness (QED) is 0.217. The molecule has 1 rings (SSSR count). The SMILES string of the molecule is NCCn1cc(/C(N)=N/O)nn1. The Bertz CT molecular complexity index is 279. The van der Waals surface area contributed by atoms with Crippen LogP contribution in [0, 0.1) is 0 Å². The Balaban J connectivity index is 2.77. The third-order valence-corrected chi connectivity index (χ3v) is 1.27. The fourth-order valence-corrected chi connectivity index (χ4v) is 0.709. The maximum atomic E-state index is 8.29. The van der Waals surface area contributed by atoms with E-state index < -0.39 is 0 Å². The summed E-state index contributed by atoms with van der Waals surface area (Å²) < 4.78 is 1.52. The van der Waals surface area contributed by atoms with E-state index in [1.54, 1.807) is 6.20 Å². The molecule has 0 unspecified atom stereocenters. The lowest BCUT2D eigenvalue weighted by Gasteiger charge is -1.92. The van der Waals surface area contributed by atoms with Crippen molar-refractivity contribution in [2.24, 2.45) is 16.6 Å². The topological polar surface area (TPSA) is 115 Å². The molecular formula is C5H10N6O. The molecule has 7 heteroatoms. The van der Waals surface area contributed by atoms with Crippen LogP contribution in [0.1, 0.15) is 5.69 Å². The Kier molecular flexibility index (Phi) is 2.59. The van der Waals surface area contributed by atoms with E-state index in [1.165, 1.54) is 4.68 Å². The highest BCUT2D eigenvalue weighted by atomic mass is 16.4. The van der Waals surface area contributed by atoms with E-state index in [1.807, 2.05) is 0 Å². The first kappa shape index (κ1) is 8.47. The number of hydrogen-bond acceptors (Lipinski definition) is 5. The van der Waals surface area contributed by atoms with Crippen LogP contribution in [0.25, 0.3) is 0 Å². The van der Waals surface area contributed by atoms with Crippen molar-refractivity contribution in [1.29, 1.82) is 0 Å². The van der Waals surface area contributed by atoms with Crippen LogP contribution in [0.5, 0.6) is 0 Å². The predicted octanol–water partition coefficient (Wildman–Crippen LogP) is -1.67. The second-order valence-corrected chi connectivity index (χ2v) is 2.14. The summed E-state index contributed by atoms with van der Waals surface area (Å²) >= 11 is 0. The summed E-state index contributed by atoms with van der Waals surface area (Å²) in [5, 5.41) is 18.4. The first-order valence-corrected chi connectivity index (χ1v) is 3.36. The molecule has 0 aromatic carbocycles. The lowest BCUT2D eigenvalue weighted by molar-refractivity contribution is 0.318. The van der Waals surface area contributed by atoms with Gasteiger partial charge in [0.25, 0.3) is 0 Å². The summed E-state index contributed by atoms with van der Waals surface area (Å²) in [6.45, 7) is 1.03. The van der Waals surface area contributed by atoms with Gasteiger partial charge in [-0.3, -0.25) is 4.68 Å². The van der Waals surface area contributed by atoms with Crippen LogP contribution in [0.3, 0.4) is 0 Å². The van der Waals surface area contributed by atoms with E-state index in [2.05, 4.69) is 15.5 Å². The van der Waals surface area contributed by atoms with Crippen molar-refractivity contribution in [3.63, 3.8) is 0 Å². The van der Waals surface area contributed by atoms with E-state index in [-0.39, 0.29) is 5.84 Å². The average molecular weight is 170 g/mol. The van der Waals surface area contributed by atoms with Gasteiger partial charge in [-0.25, -0.2) is 0 Å². The molecule has 1 aromatic heterocycles. The lowest BCUT2D eigenvalue weighted by Crippen LogP contribution is -2.13. The van der Waals surface area contributed by atoms with Gasteiger partial charge in [0.2, 0.25) is 0 Å². The molecule has 66 valence electrons. The van der Waals surface area contributed by atoms with Gasteiger partial charge in [0, 0.05) is 6.54 Å². The molecule has 0 saturated carbocycles. The van der Waals surface area contributed by atoms with Crippen molar-refractivity contribution < 1.29 is 5.21 Å². The van der Waals surface area contributed by atoms with Gasteiger partial charge in [0.15, 0.2) is 11.5 Å². The molecule has 0 saturated heterocycles. The first-order chi connectivity index (χ1) is 5.77. The first-order valence-electron chi connectivity index (χ1n) is 3.36. The highest BCUT2D eigenvalue weighted by molar-refractivity contribution is 5.94. The summed E-state index contributed by atoms with van der Waals surface area (Å²) in [5.41, 5.74) is 10.9. The zero-order valence-electron chi connectivity index (χ0n) is 6.38. The molecule has 0 bridgehead atoms. The van der Waals surface area contributed by atoms with Gasteiger partial charge >= 0.3 is 0 Å². The van der Waals surface area contributed by atoms with Crippen molar-refractivity contribution in [3.8, 4) is 0 Å².